The average molecular weight is 1430 g/mol. The number of para-hydroxylation sites is 3. The number of halogens is 1. The van der Waals surface area contributed by atoms with Crippen molar-refractivity contribution in [2.75, 3.05) is 0 Å². The quantitative estimate of drug-likeness (QED) is 0.161. The van der Waals surface area contributed by atoms with Crippen LogP contribution < -0.4 is 40.4 Å². The molecule has 4 aliphatic rings. The molecule has 4 heterocycles. The molecule has 0 unspecified atom stereocenters. The summed E-state index contributed by atoms with van der Waals surface area (Å²) in [7, 11) is 0. The summed E-state index contributed by atoms with van der Waals surface area (Å²) in [5.74, 6) is -0.0829. The summed E-state index contributed by atoms with van der Waals surface area (Å²) in [6, 6.07) is 77.6. The Morgan fingerprint density at radius 1 is 0.276 bits per heavy atom. The van der Waals surface area contributed by atoms with E-state index in [1.54, 1.807) is 76.5 Å². The van der Waals surface area contributed by atoms with Crippen molar-refractivity contribution in [2.24, 2.45) is 0 Å². The van der Waals surface area contributed by atoms with Crippen molar-refractivity contribution < 1.29 is 44.8 Å². The maximum atomic E-state index is 13.5. The maximum absolute atomic E-state index is 13.5. The van der Waals surface area contributed by atoms with Gasteiger partial charge in [0.05, 0.1) is 11.1 Å². The van der Waals surface area contributed by atoms with Gasteiger partial charge in [-0.1, -0.05) is 300 Å². The third kappa shape index (κ3) is 11.9. The zero-order chi connectivity index (χ0) is 69.6. The summed E-state index contributed by atoms with van der Waals surface area (Å²) in [4.78, 5) is 13.7. The Bertz CT molecular complexity index is 6080. The summed E-state index contributed by atoms with van der Waals surface area (Å²) < 4.78 is 17.9. The summed E-state index contributed by atoms with van der Waals surface area (Å²) in [6.45, 7) is 17.9. The summed E-state index contributed by atoms with van der Waals surface area (Å²) in [5.41, 5.74) is 26.8. The minimum absolute atomic E-state index is 0. The molecule has 105 heavy (non-hydrogen) atoms. The summed E-state index contributed by atoms with van der Waals surface area (Å²) in [5, 5.41) is 53.7. The molecule has 0 saturated carbocycles. The van der Waals surface area contributed by atoms with Crippen LogP contribution in [0.4, 0.5) is 4.39 Å². The number of H-pyrrole nitrogens is 4. The minimum Gasteiger partial charge on any atom is -0.872 e. The standard InChI is InChI=1S/C22H16FNOS.3C22H17NOS.4Be/c1-22(2)16-6-4-3-5-13(16)14-10-15(19(25)11-17(14)22)21-24-18-8-7-12(23)9-20(18)26-21;1-22(2)16-9-5-3-7-13(16)14-11-12-18-20(19(14)22)23-21(25-18)15-8-4-6-10-17(15)24;1-22(2)15-9-5-3-7-13(15)19-16(22)11-12-17-20(19)25-21(23-17)14-8-4-6-10-18(14)24;1-22(2)14-8-4-3-7-13(14)19-15(22)11-12-17(24)20(19)21-23-16-9-5-6-10-18(16)25-21;;;;/h3-11,25H,1-2H3;3*3-12,24H,1-2H3;;;;/q;;;;4*+2. The van der Waals surface area contributed by atoms with Crippen LogP contribution in [0.3, 0.4) is 0 Å². The fourth-order valence-electron chi connectivity index (χ4n) is 16.1. The molecular weight excluding hydrogens is 1360 g/mol. The molecule has 494 valence electrons. The number of hydrogen-bond donors (Lipinski definition) is 0. The Balaban J connectivity index is 0.000000123. The summed E-state index contributed by atoms with van der Waals surface area (Å²) in [6.07, 6.45) is 0. The van der Waals surface area contributed by atoms with E-state index in [4.69, 9.17) is 0 Å². The molecule has 4 aromatic heterocycles. The Kier molecular flexibility index (Phi) is 19.2. The maximum Gasteiger partial charge on any atom is 2.00 e. The van der Waals surface area contributed by atoms with E-state index in [0.29, 0.717) is 5.56 Å². The SMILES string of the molecule is CC1(C)c2ccccc2-c2c1ccc([O-])c2-c1[nH+]c2ccccc2s1.CC1(C)c2ccccc2-c2c1ccc1[nH+]c(-c3ccccc3[O-])sc21.CC1(C)c2ccccc2-c2cc(-c3[nH+]c4ccc(F)cc4s3)c([O-])cc21.CC1(C)c2ccccc2-c2ccc3sc(-c4ccccc4[O-])[nH+]c3c21.[Be+2].[Be+2].[Be+2].[Be+2]. The molecule has 17 heteroatoms. The van der Waals surface area contributed by atoms with Gasteiger partial charge in [-0.3, -0.25) is 0 Å². The first-order valence-corrected chi connectivity index (χ1v) is 37.1. The number of aromatic nitrogens is 4. The molecule has 0 amide bonds. The predicted octanol–water partition coefficient (Wildman–Crippen LogP) is 17.7. The summed E-state index contributed by atoms with van der Waals surface area (Å²) >= 11 is 6.39. The molecule has 0 radical (unpaired) electrons. The Hall–Kier alpha value is -9.99. The molecule has 8 nitrogen and oxygen atoms in total. The van der Waals surface area contributed by atoms with Crippen molar-refractivity contribution in [1.29, 1.82) is 0 Å². The van der Waals surface area contributed by atoms with Gasteiger partial charge < -0.3 is 20.4 Å². The molecule has 4 N–H and O–H groups in total. The van der Waals surface area contributed by atoms with E-state index in [-0.39, 0.29) is 91.0 Å². The second kappa shape index (κ2) is 27.5. The van der Waals surface area contributed by atoms with Crippen LogP contribution in [0, 0.1) is 5.82 Å². The molecule has 0 fully saturated rings. The van der Waals surface area contributed by atoms with Gasteiger partial charge in [0.25, 0.3) is 20.0 Å². The molecule has 20 rings (SSSR count). The van der Waals surface area contributed by atoms with Gasteiger partial charge >= 0.3 is 40.5 Å². The number of hydrogen-bond acceptors (Lipinski definition) is 8. The van der Waals surface area contributed by atoms with Crippen molar-refractivity contribution in [3.63, 3.8) is 0 Å². The van der Waals surface area contributed by atoms with Gasteiger partial charge in [-0.2, -0.15) is 19.9 Å². The first-order chi connectivity index (χ1) is 48.7. The van der Waals surface area contributed by atoms with Gasteiger partial charge in [-0.15, -0.1) is 0 Å². The van der Waals surface area contributed by atoms with E-state index in [0.717, 1.165) is 80.2 Å². The first-order valence-electron chi connectivity index (χ1n) is 33.8. The van der Waals surface area contributed by atoms with E-state index < -0.39 is 0 Å². The van der Waals surface area contributed by atoms with E-state index in [1.807, 2.05) is 60.7 Å². The molecule has 0 saturated heterocycles. The smallest absolute Gasteiger partial charge is 0.872 e. The molecule has 0 aliphatic heterocycles. The Labute approximate surface area is 640 Å². The monoisotopic (exact) mass is 1430 g/mol. The molecule has 12 aromatic carbocycles. The van der Waals surface area contributed by atoms with Crippen LogP contribution in [0.5, 0.6) is 23.0 Å². The predicted molar refractivity (Wildman–Crippen MR) is 426 cm³/mol. The second-order valence-corrected chi connectivity index (χ2v) is 32.7. The Morgan fingerprint density at radius 3 is 1.35 bits per heavy atom. The van der Waals surface area contributed by atoms with Crippen LogP contribution >= 0.6 is 45.3 Å². The number of rotatable bonds is 4. The van der Waals surface area contributed by atoms with Crippen molar-refractivity contribution in [3.05, 3.63) is 287 Å². The molecule has 16 aromatic rings. The van der Waals surface area contributed by atoms with Gasteiger partial charge in [-0.25, -0.2) is 4.39 Å². The number of nitrogens with one attached hydrogen (secondary N) is 4. The normalized spacial score (nSPS) is 13.9. The second-order valence-electron chi connectivity index (χ2n) is 28.5. The van der Waals surface area contributed by atoms with Gasteiger partial charge in [-0.05, 0) is 115 Å². The first kappa shape index (κ1) is 73.3. The third-order valence-electron chi connectivity index (χ3n) is 21.2. The van der Waals surface area contributed by atoms with Crippen molar-refractivity contribution in [1.82, 2.24) is 0 Å². The molecule has 0 atom stereocenters. The van der Waals surface area contributed by atoms with Crippen LogP contribution in [-0.2, 0) is 21.7 Å². The fourth-order valence-corrected chi connectivity index (χ4v) is 20.4. The minimum atomic E-state index is -0.272. The third-order valence-corrected chi connectivity index (χ3v) is 25.6. The van der Waals surface area contributed by atoms with Crippen LogP contribution in [-0.4, -0.2) is 40.5 Å². The average Bonchev–Trinajstić information content (AvgIpc) is 1.62. The van der Waals surface area contributed by atoms with Crippen LogP contribution in [0.1, 0.15) is 99.9 Å². The van der Waals surface area contributed by atoms with Crippen LogP contribution in [0.15, 0.2) is 237 Å². The fraction of sp³-hybridized carbons (Fsp3) is 0.136. The largest absolute Gasteiger partial charge is 2.00 e. The van der Waals surface area contributed by atoms with Crippen molar-refractivity contribution in [2.45, 2.75) is 77.0 Å². The van der Waals surface area contributed by atoms with Gasteiger partial charge in [0, 0.05) is 67.7 Å². The van der Waals surface area contributed by atoms with Crippen molar-refractivity contribution in [3.8, 4) is 110 Å². The number of aromatic amines is 4. The van der Waals surface area contributed by atoms with Gasteiger partial charge in [0.2, 0.25) is 22.1 Å². The number of fused-ring (bicyclic) bond motifs is 18. The molecular formula is C88H67Be4FN4O4S4+8. The Morgan fingerprint density at radius 2 is 0.724 bits per heavy atom. The number of benzene rings is 12. The number of thiazole rings is 4. The van der Waals surface area contributed by atoms with Gasteiger partial charge in [0.15, 0.2) is 0 Å². The zero-order valence-corrected chi connectivity index (χ0v) is 62.8. The van der Waals surface area contributed by atoms with Crippen LogP contribution in [0.2, 0.25) is 0 Å². The van der Waals surface area contributed by atoms with E-state index >= 15 is 0 Å². The van der Waals surface area contributed by atoms with E-state index in [1.165, 1.54) is 110 Å². The zero-order valence-electron chi connectivity index (χ0n) is 59.5. The van der Waals surface area contributed by atoms with Gasteiger partial charge in [0.1, 0.15) is 24.6 Å². The van der Waals surface area contributed by atoms with Crippen molar-refractivity contribution >= 4 is 127 Å². The van der Waals surface area contributed by atoms with E-state index in [2.05, 4.69) is 197 Å². The molecule has 0 bridgehead atoms. The van der Waals surface area contributed by atoms with Crippen LogP contribution in [0.25, 0.3) is 128 Å². The van der Waals surface area contributed by atoms with E-state index in [9.17, 15) is 24.8 Å². The molecule has 0 spiro atoms. The molecule has 4 aliphatic carbocycles. The topological polar surface area (TPSA) is 149 Å².